The molecule has 0 saturated carbocycles. The lowest BCUT2D eigenvalue weighted by atomic mass is 9.91. The highest BCUT2D eigenvalue weighted by atomic mass is 35.5. The van der Waals surface area contributed by atoms with Crippen LogP contribution in [0.25, 0.3) is 0 Å². The summed E-state index contributed by atoms with van der Waals surface area (Å²) in [4.78, 5) is 11.6. The molecule has 216 valence electrons. The Morgan fingerprint density at radius 1 is 1.10 bits per heavy atom. The van der Waals surface area contributed by atoms with Crippen molar-refractivity contribution in [3.8, 4) is 0 Å². The third-order valence-corrected chi connectivity index (χ3v) is 9.10. The Morgan fingerprint density at radius 3 is 2.32 bits per heavy atom. The molecule has 13 heteroatoms. The summed E-state index contributed by atoms with van der Waals surface area (Å²) in [5.41, 5.74) is 1.36. The number of rotatable bonds is 7. The number of sulfonamides is 1. The minimum Gasteiger partial charge on any atom is -0.469 e. The molecule has 0 saturated heterocycles. The third kappa shape index (κ3) is 7.49. The van der Waals surface area contributed by atoms with E-state index in [2.05, 4.69) is 4.40 Å². The number of ether oxygens (including phenoxy) is 1. The summed E-state index contributed by atoms with van der Waals surface area (Å²) < 4.78 is 74.4. The minimum atomic E-state index is -4.62. The number of hydrogen-bond donors (Lipinski definition) is 0. The molecular formula is C28H25ClF3N3O4S2. The number of halogens is 4. The third-order valence-electron chi connectivity index (χ3n) is 6.22. The van der Waals surface area contributed by atoms with Crippen LogP contribution >= 0.6 is 23.4 Å². The van der Waals surface area contributed by atoms with Crippen LogP contribution in [0.5, 0.6) is 0 Å². The molecule has 0 aromatic heterocycles. The molecule has 0 spiro atoms. The van der Waals surface area contributed by atoms with Crippen LogP contribution < -0.4 is 0 Å². The molecule has 3 aromatic carbocycles. The van der Waals surface area contributed by atoms with E-state index in [1.54, 1.807) is 19.1 Å². The quantitative estimate of drug-likeness (QED) is 0.171. The summed E-state index contributed by atoms with van der Waals surface area (Å²) in [6, 6.07) is 19.7. The topological polar surface area (TPSA) is 88.4 Å². The zero-order chi connectivity index (χ0) is 29.8. The van der Waals surface area contributed by atoms with Crippen molar-refractivity contribution in [1.29, 1.82) is 0 Å². The molecule has 3 aromatic rings. The largest absolute Gasteiger partial charge is 0.469 e. The van der Waals surface area contributed by atoms with E-state index in [1.807, 2.05) is 42.5 Å². The fourth-order valence-electron chi connectivity index (χ4n) is 4.04. The summed E-state index contributed by atoms with van der Waals surface area (Å²) in [5.74, 6) is -1.24. The van der Waals surface area contributed by atoms with Crippen LogP contribution in [0.4, 0.5) is 13.2 Å². The molecule has 1 heterocycles. The first kappa shape index (κ1) is 30.6. The molecule has 0 aliphatic carbocycles. The van der Waals surface area contributed by atoms with Crippen molar-refractivity contribution in [1.82, 2.24) is 5.01 Å². The number of amidine groups is 1. The number of esters is 1. The van der Waals surface area contributed by atoms with Crippen LogP contribution in [-0.4, -0.2) is 49.7 Å². The number of carbonyl (C=O) groups is 1. The van der Waals surface area contributed by atoms with Crippen molar-refractivity contribution in [3.63, 3.8) is 0 Å². The van der Waals surface area contributed by atoms with Gasteiger partial charge in [-0.25, -0.2) is 5.01 Å². The number of thioether (sulfide) groups is 1. The number of hydrogen-bond acceptors (Lipinski definition) is 6. The monoisotopic (exact) mass is 623 g/mol. The normalized spacial score (nSPS) is 16.8. The zero-order valence-electron chi connectivity index (χ0n) is 21.9. The van der Waals surface area contributed by atoms with Gasteiger partial charge in [0.15, 0.2) is 5.17 Å². The standard InChI is InChI=1S/C28H25ClF3N3O4S2/c1-18(26(36)39-2)17-40-27(34-41(37,38)23-14-10-21(11-15-23)28(30,31)32)35-16-24(19-6-4-3-5-7-19)25(33-35)20-8-12-22(29)13-9-20/h3-15,18,24H,16-17H2,1-2H3/b34-27-. The number of hydrazone groups is 1. The van der Waals surface area contributed by atoms with E-state index in [0.717, 1.165) is 35.0 Å². The number of alkyl halides is 3. The predicted molar refractivity (Wildman–Crippen MR) is 154 cm³/mol. The van der Waals surface area contributed by atoms with Gasteiger partial charge in [0.05, 0.1) is 35.7 Å². The molecule has 1 aliphatic heterocycles. The fourth-order valence-corrected chi connectivity index (χ4v) is 6.35. The molecule has 4 rings (SSSR count). The van der Waals surface area contributed by atoms with Gasteiger partial charge in [0.1, 0.15) is 0 Å². The summed E-state index contributed by atoms with van der Waals surface area (Å²) in [7, 11) is -3.20. The lowest BCUT2D eigenvalue weighted by Gasteiger charge is -2.19. The highest BCUT2D eigenvalue weighted by molar-refractivity contribution is 8.14. The van der Waals surface area contributed by atoms with Gasteiger partial charge in [0.2, 0.25) is 0 Å². The number of benzene rings is 3. The van der Waals surface area contributed by atoms with Crippen LogP contribution in [-0.2, 0) is 25.7 Å². The van der Waals surface area contributed by atoms with Crippen molar-refractivity contribution in [3.05, 3.63) is 101 Å². The van der Waals surface area contributed by atoms with E-state index in [9.17, 15) is 26.4 Å². The summed E-state index contributed by atoms with van der Waals surface area (Å²) >= 11 is 7.07. The Kier molecular flexibility index (Phi) is 9.45. The van der Waals surface area contributed by atoms with E-state index in [1.165, 1.54) is 12.1 Å². The van der Waals surface area contributed by atoms with Crippen molar-refractivity contribution >= 4 is 50.2 Å². The fraction of sp³-hybridized carbons (Fsp3) is 0.250. The molecular weight excluding hydrogens is 599 g/mol. The Morgan fingerprint density at radius 2 is 1.73 bits per heavy atom. The van der Waals surface area contributed by atoms with Crippen molar-refractivity contribution in [2.45, 2.75) is 23.9 Å². The highest BCUT2D eigenvalue weighted by Gasteiger charge is 2.34. The van der Waals surface area contributed by atoms with Gasteiger partial charge in [-0.05, 0) is 47.5 Å². The number of methoxy groups -OCH3 is 1. The van der Waals surface area contributed by atoms with Gasteiger partial charge in [-0.3, -0.25) is 4.79 Å². The second kappa shape index (κ2) is 12.7. The molecule has 0 bridgehead atoms. The average Bonchev–Trinajstić information content (AvgIpc) is 3.40. The molecule has 0 amide bonds. The predicted octanol–water partition coefficient (Wildman–Crippen LogP) is 6.45. The molecule has 2 unspecified atom stereocenters. The van der Waals surface area contributed by atoms with Crippen molar-refractivity contribution in [2.24, 2.45) is 15.4 Å². The number of nitrogens with zero attached hydrogens (tertiary/aromatic N) is 3. The second-order valence-electron chi connectivity index (χ2n) is 9.14. The summed E-state index contributed by atoms with van der Waals surface area (Å²) in [6.45, 7) is 1.85. The van der Waals surface area contributed by atoms with Gasteiger partial charge in [-0.2, -0.15) is 26.7 Å². The van der Waals surface area contributed by atoms with Crippen LogP contribution in [0, 0.1) is 5.92 Å². The van der Waals surface area contributed by atoms with Gasteiger partial charge in [0, 0.05) is 16.7 Å². The summed E-state index contributed by atoms with van der Waals surface area (Å²) in [5, 5.41) is 6.68. The smallest absolute Gasteiger partial charge is 0.416 e. The van der Waals surface area contributed by atoms with Crippen LogP contribution in [0.2, 0.25) is 5.02 Å². The van der Waals surface area contributed by atoms with Crippen LogP contribution in [0.3, 0.4) is 0 Å². The molecule has 0 N–H and O–H groups in total. The highest BCUT2D eigenvalue weighted by Crippen LogP contribution is 2.33. The summed E-state index contributed by atoms with van der Waals surface area (Å²) in [6.07, 6.45) is -4.62. The maximum absolute atomic E-state index is 13.3. The van der Waals surface area contributed by atoms with E-state index in [-0.39, 0.29) is 23.4 Å². The van der Waals surface area contributed by atoms with Gasteiger partial charge >= 0.3 is 12.1 Å². The molecule has 0 fully saturated rings. The first-order chi connectivity index (χ1) is 19.4. The van der Waals surface area contributed by atoms with E-state index >= 15 is 0 Å². The second-order valence-corrected chi connectivity index (χ2v) is 12.2. The van der Waals surface area contributed by atoms with Gasteiger partial charge in [0.25, 0.3) is 10.0 Å². The van der Waals surface area contributed by atoms with Gasteiger partial charge in [-0.15, -0.1) is 4.40 Å². The lowest BCUT2D eigenvalue weighted by Crippen LogP contribution is -2.26. The van der Waals surface area contributed by atoms with Gasteiger partial charge in [-0.1, -0.05) is 72.8 Å². The molecule has 2 atom stereocenters. The first-order valence-electron chi connectivity index (χ1n) is 12.3. The molecule has 41 heavy (non-hydrogen) atoms. The van der Waals surface area contributed by atoms with Crippen LogP contribution in [0.1, 0.15) is 29.5 Å². The maximum atomic E-state index is 13.3. The Hall–Kier alpha value is -3.35. The Bertz CT molecular complexity index is 1550. The van der Waals surface area contributed by atoms with Crippen LogP contribution in [0.15, 0.2) is 93.3 Å². The zero-order valence-corrected chi connectivity index (χ0v) is 24.3. The molecule has 1 aliphatic rings. The minimum absolute atomic E-state index is 0.0365. The van der Waals surface area contributed by atoms with E-state index in [0.29, 0.717) is 22.9 Å². The molecule has 0 radical (unpaired) electrons. The lowest BCUT2D eigenvalue weighted by molar-refractivity contribution is -0.144. The Balaban J connectivity index is 1.76. The average molecular weight is 624 g/mol. The van der Waals surface area contributed by atoms with Crippen molar-refractivity contribution in [2.75, 3.05) is 19.4 Å². The van der Waals surface area contributed by atoms with E-state index < -0.39 is 38.5 Å². The van der Waals surface area contributed by atoms with Crippen molar-refractivity contribution < 1.29 is 31.1 Å². The van der Waals surface area contributed by atoms with Gasteiger partial charge < -0.3 is 4.74 Å². The number of carbonyl (C=O) groups excluding carboxylic acids is 1. The van der Waals surface area contributed by atoms with E-state index in [4.69, 9.17) is 21.4 Å². The SMILES string of the molecule is COC(=O)C(C)CS/C(=N\S(=O)(=O)c1ccc(C(F)(F)F)cc1)N1CC(c2ccccc2)C(c2ccc(Cl)cc2)=N1. The Labute approximate surface area is 245 Å². The first-order valence-corrected chi connectivity index (χ1v) is 15.1. The molecule has 7 nitrogen and oxygen atoms in total. The maximum Gasteiger partial charge on any atom is 0.416 e.